The molecule has 0 radical (unpaired) electrons. The molecule has 29 heavy (non-hydrogen) atoms. The summed E-state index contributed by atoms with van der Waals surface area (Å²) in [4.78, 5) is 35.4. The van der Waals surface area contributed by atoms with E-state index in [1.54, 1.807) is 0 Å². The van der Waals surface area contributed by atoms with Gasteiger partial charge in [-0.25, -0.2) is 8.78 Å². The van der Waals surface area contributed by atoms with Crippen LogP contribution in [0.15, 0.2) is 42.5 Å². The summed E-state index contributed by atoms with van der Waals surface area (Å²) in [7, 11) is 0. The lowest BCUT2D eigenvalue weighted by atomic mass is 10.1. The van der Waals surface area contributed by atoms with E-state index in [0.29, 0.717) is 0 Å². The first-order chi connectivity index (χ1) is 13.5. The Morgan fingerprint density at radius 2 is 1.69 bits per heavy atom. The van der Waals surface area contributed by atoms with Crippen LogP contribution in [0.5, 0.6) is 0 Å². The van der Waals surface area contributed by atoms with E-state index in [0.717, 1.165) is 34.6 Å². The molecule has 2 aromatic rings. The second-order valence-electron chi connectivity index (χ2n) is 5.80. The van der Waals surface area contributed by atoms with Crippen molar-refractivity contribution in [2.45, 2.75) is 19.6 Å². The van der Waals surface area contributed by atoms with Crippen molar-refractivity contribution in [3.05, 3.63) is 65.2 Å². The lowest BCUT2D eigenvalue weighted by Crippen LogP contribution is -2.47. The first-order valence-electron chi connectivity index (χ1n) is 7.98. The summed E-state index contributed by atoms with van der Waals surface area (Å²) < 4.78 is 64.0. The summed E-state index contributed by atoms with van der Waals surface area (Å²) in [6.45, 7) is 0.922. The largest absolute Gasteiger partial charge is 0.472 e. The molecule has 0 aliphatic heterocycles. The molecule has 0 bridgehead atoms. The Labute approximate surface area is 161 Å². The molecule has 0 spiro atoms. The third-order valence-electron chi connectivity index (χ3n) is 3.69. The van der Waals surface area contributed by atoms with E-state index in [9.17, 15) is 36.3 Å². The van der Waals surface area contributed by atoms with Crippen LogP contribution in [0.3, 0.4) is 0 Å². The van der Waals surface area contributed by atoms with Crippen LogP contribution in [0.2, 0.25) is 0 Å². The number of amides is 3. The minimum absolute atomic E-state index is 0.0275. The molecule has 0 saturated carbocycles. The van der Waals surface area contributed by atoms with Gasteiger partial charge in [0.1, 0.15) is 11.6 Å². The number of alkyl halides is 3. The number of halogens is 5. The monoisotopic (exact) mass is 415 g/mol. The highest BCUT2D eigenvalue weighted by molar-refractivity contribution is 5.96. The first-order valence-corrected chi connectivity index (χ1v) is 7.98. The van der Waals surface area contributed by atoms with Gasteiger partial charge in [0, 0.05) is 23.7 Å². The third-order valence-corrected chi connectivity index (χ3v) is 3.69. The van der Waals surface area contributed by atoms with Crippen molar-refractivity contribution in [2.75, 3.05) is 4.90 Å². The standard InChI is InChI=1S/C18H14F5N3O3/c1-10(27)26(14-4-2-3-13(19)8-14)9-12-6-5-11(7-15(12)20)16(28)24-25-17(29)18(21,22)23/h2-8H,9H2,1H3,(H,24,28)(H,25,29). The Hall–Kier alpha value is -3.50. The molecule has 3 amide bonds. The summed E-state index contributed by atoms with van der Waals surface area (Å²) in [5, 5.41) is 0. The zero-order valence-corrected chi connectivity index (χ0v) is 14.8. The van der Waals surface area contributed by atoms with Gasteiger partial charge < -0.3 is 4.90 Å². The number of hydrazine groups is 1. The highest BCUT2D eigenvalue weighted by atomic mass is 19.4. The number of rotatable bonds is 4. The molecule has 154 valence electrons. The van der Waals surface area contributed by atoms with Crippen molar-refractivity contribution in [1.29, 1.82) is 0 Å². The summed E-state index contributed by atoms with van der Waals surface area (Å²) in [6.07, 6.45) is -5.20. The van der Waals surface area contributed by atoms with E-state index < -0.39 is 35.5 Å². The molecular formula is C18H14F5N3O3. The maximum atomic E-state index is 14.4. The Bertz CT molecular complexity index is 947. The van der Waals surface area contributed by atoms with Gasteiger partial charge in [0.2, 0.25) is 5.91 Å². The molecule has 6 nitrogen and oxygen atoms in total. The van der Waals surface area contributed by atoms with Gasteiger partial charge in [-0.3, -0.25) is 25.2 Å². The molecule has 0 saturated heterocycles. The lowest BCUT2D eigenvalue weighted by Gasteiger charge is -2.22. The Kier molecular flexibility index (Phi) is 6.52. The van der Waals surface area contributed by atoms with Crippen LogP contribution in [0.4, 0.5) is 27.6 Å². The number of hydrogen-bond acceptors (Lipinski definition) is 3. The summed E-state index contributed by atoms with van der Waals surface area (Å²) in [5.41, 5.74) is 2.46. The number of carbonyl (C=O) groups is 3. The van der Waals surface area contributed by atoms with E-state index in [1.165, 1.54) is 30.5 Å². The van der Waals surface area contributed by atoms with Crippen molar-refractivity contribution in [2.24, 2.45) is 0 Å². The number of benzene rings is 2. The zero-order chi connectivity index (χ0) is 21.8. The second-order valence-corrected chi connectivity index (χ2v) is 5.80. The average Bonchev–Trinajstić information content (AvgIpc) is 2.63. The van der Waals surface area contributed by atoms with Crippen molar-refractivity contribution in [1.82, 2.24) is 10.9 Å². The molecular weight excluding hydrogens is 401 g/mol. The van der Waals surface area contributed by atoms with Crippen LogP contribution in [0.1, 0.15) is 22.8 Å². The molecule has 11 heteroatoms. The molecule has 0 aliphatic carbocycles. The van der Waals surface area contributed by atoms with Gasteiger partial charge in [-0.1, -0.05) is 12.1 Å². The molecule has 2 rings (SSSR count). The van der Waals surface area contributed by atoms with Crippen LogP contribution in [-0.4, -0.2) is 23.9 Å². The van der Waals surface area contributed by atoms with Gasteiger partial charge in [-0.15, -0.1) is 0 Å². The average molecular weight is 415 g/mol. The molecule has 0 aromatic heterocycles. The first kappa shape index (κ1) is 21.8. The molecule has 2 aromatic carbocycles. The minimum atomic E-state index is -5.20. The third kappa shape index (κ3) is 5.74. The SMILES string of the molecule is CC(=O)N(Cc1ccc(C(=O)NNC(=O)C(F)(F)F)cc1F)c1cccc(F)c1. The number of anilines is 1. The lowest BCUT2D eigenvalue weighted by molar-refractivity contribution is -0.174. The maximum Gasteiger partial charge on any atom is 0.472 e. The van der Waals surface area contributed by atoms with Crippen molar-refractivity contribution >= 4 is 23.4 Å². The highest BCUT2D eigenvalue weighted by Crippen LogP contribution is 2.21. The van der Waals surface area contributed by atoms with Crippen LogP contribution < -0.4 is 15.8 Å². The van der Waals surface area contributed by atoms with Crippen molar-refractivity contribution in [3.63, 3.8) is 0 Å². The predicted molar refractivity (Wildman–Crippen MR) is 91.3 cm³/mol. The van der Waals surface area contributed by atoms with E-state index in [-0.39, 0.29) is 23.4 Å². The number of carbonyl (C=O) groups excluding carboxylic acids is 3. The van der Waals surface area contributed by atoms with Crippen molar-refractivity contribution < 1.29 is 36.3 Å². The van der Waals surface area contributed by atoms with Gasteiger partial charge >= 0.3 is 12.1 Å². The van der Waals surface area contributed by atoms with E-state index in [1.807, 2.05) is 0 Å². The minimum Gasteiger partial charge on any atom is -0.308 e. The van der Waals surface area contributed by atoms with Crippen LogP contribution in [0.25, 0.3) is 0 Å². The fourth-order valence-electron chi connectivity index (χ4n) is 2.27. The van der Waals surface area contributed by atoms with Crippen LogP contribution in [-0.2, 0) is 16.1 Å². The fourth-order valence-corrected chi connectivity index (χ4v) is 2.27. The maximum absolute atomic E-state index is 14.4. The summed E-state index contributed by atoms with van der Waals surface area (Å²) >= 11 is 0. The van der Waals surface area contributed by atoms with E-state index in [2.05, 4.69) is 0 Å². The second kappa shape index (κ2) is 8.67. The zero-order valence-electron chi connectivity index (χ0n) is 14.8. The van der Waals surface area contributed by atoms with Crippen LogP contribution in [0, 0.1) is 11.6 Å². The molecule has 0 aliphatic rings. The van der Waals surface area contributed by atoms with Gasteiger partial charge in [0.25, 0.3) is 5.91 Å². The molecule has 0 heterocycles. The molecule has 0 atom stereocenters. The summed E-state index contributed by atoms with van der Waals surface area (Å²) in [6, 6.07) is 8.06. The van der Waals surface area contributed by atoms with Crippen molar-refractivity contribution in [3.8, 4) is 0 Å². The summed E-state index contributed by atoms with van der Waals surface area (Å²) in [5.74, 6) is -5.59. The van der Waals surface area contributed by atoms with E-state index >= 15 is 0 Å². The Morgan fingerprint density at radius 1 is 1.00 bits per heavy atom. The molecule has 0 unspecified atom stereocenters. The number of nitrogens with one attached hydrogen (secondary N) is 2. The van der Waals surface area contributed by atoms with Gasteiger partial charge in [-0.05, 0) is 30.3 Å². The van der Waals surface area contributed by atoms with Gasteiger partial charge in [0.05, 0.1) is 6.54 Å². The fraction of sp³-hybridized carbons (Fsp3) is 0.167. The van der Waals surface area contributed by atoms with E-state index in [4.69, 9.17) is 0 Å². The number of nitrogens with zero attached hydrogens (tertiary/aromatic N) is 1. The topological polar surface area (TPSA) is 78.5 Å². The van der Waals surface area contributed by atoms with Gasteiger partial charge in [0.15, 0.2) is 0 Å². The molecule has 0 fully saturated rings. The molecule has 2 N–H and O–H groups in total. The smallest absolute Gasteiger partial charge is 0.308 e. The number of hydrogen-bond donors (Lipinski definition) is 2. The Morgan fingerprint density at radius 3 is 2.24 bits per heavy atom. The quantitative estimate of drug-likeness (QED) is 0.596. The normalized spacial score (nSPS) is 11.0. The predicted octanol–water partition coefficient (Wildman–Crippen LogP) is 2.84. The Balaban J connectivity index is 2.15. The van der Waals surface area contributed by atoms with Crippen LogP contribution >= 0.6 is 0 Å². The van der Waals surface area contributed by atoms with Gasteiger partial charge in [-0.2, -0.15) is 13.2 Å². The highest BCUT2D eigenvalue weighted by Gasteiger charge is 2.39.